The van der Waals surface area contributed by atoms with Gasteiger partial charge in [-0.1, -0.05) is 0 Å². The number of hydrogen-bond donors (Lipinski definition) is 1. The Kier molecular flexibility index (Phi) is 2.08. The number of pyridine rings is 2. The Balaban J connectivity index is 2.30. The maximum absolute atomic E-state index is 9.47. The van der Waals surface area contributed by atoms with Gasteiger partial charge in [0.1, 0.15) is 11.4 Å². The second-order valence-corrected chi connectivity index (χ2v) is 3.95. The minimum absolute atomic E-state index is 0.170. The highest BCUT2D eigenvalue weighted by molar-refractivity contribution is 5.93. The van der Waals surface area contributed by atoms with Crippen LogP contribution in [0.2, 0.25) is 0 Å². The molecule has 3 aromatic rings. The van der Waals surface area contributed by atoms with Crippen LogP contribution in [0.4, 0.5) is 0 Å². The van der Waals surface area contributed by atoms with Crippen LogP contribution in [0.25, 0.3) is 22.2 Å². The highest BCUT2D eigenvalue weighted by atomic mass is 16.3. The van der Waals surface area contributed by atoms with Crippen LogP contribution in [0.1, 0.15) is 0 Å². The molecule has 17 heavy (non-hydrogen) atoms. The Morgan fingerprint density at radius 3 is 2.94 bits per heavy atom. The van der Waals surface area contributed by atoms with Gasteiger partial charge in [0.15, 0.2) is 0 Å². The first-order valence-electron chi connectivity index (χ1n) is 5.30. The van der Waals surface area contributed by atoms with Crippen molar-refractivity contribution in [3.8, 4) is 16.9 Å². The molecule has 0 amide bonds. The zero-order valence-electron chi connectivity index (χ0n) is 9.33. The number of aromatic hydroxyl groups is 1. The van der Waals surface area contributed by atoms with Gasteiger partial charge in [0, 0.05) is 36.6 Å². The summed E-state index contributed by atoms with van der Waals surface area (Å²) in [6.45, 7) is 0. The summed E-state index contributed by atoms with van der Waals surface area (Å²) in [6.07, 6.45) is 6.90. The summed E-state index contributed by atoms with van der Waals surface area (Å²) < 4.78 is 1.97. The van der Waals surface area contributed by atoms with E-state index in [0.29, 0.717) is 0 Å². The molecule has 0 aromatic carbocycles. The van der Waals surface area contributed by atoms with Crippen LogP contribution in [0, 0.1) is 0 Å². The fraction of sp³-hybridized carbons (Fsp3) is 0.0769. The number of fused-ring (bicyclic) bond motifs is 1. The van der Waals surface area contributed by atoms with E-state index in [4.69, 9.17) is 0 Å². The molecule has 0 radical (unpaired) electrons. The molecule has 3 aromatic heterocycles. The molecule has 4 nitrogen and oxygen atoms in total. The standard InChI is InChI=1S/C13H11N3O/c1-16-5-3-12-11(2-4-15-13(12)16)9-6-10(17)8-14-7-9/h2-8,17H,1H3. The first-order chi connectivity index (χ1) is 8.25. The van der Waals surface area contributed by atoms with Gasteiger partial charge in [-0.25, -0.2) is 4.98 Å². The lowest BCUT2D eigenvalue weighted by atomic mass is 10.1. The lowest BCUT2D eigenvalue weighted by Gasteiger charge is -2.04. The summed E-state index contributed by atoms with van der Waals surface area (Å²) in [4.78, 5) is 8.33. The van der Waals surface area contributed by atoms with Gasteiger partial charge < -0.3 is 9.67 Å². The molecular formula is C13H11N3O. The summed E-state index contributed by atoms with van der Waals surface area (Å²) in [7, 11) is 1.96. The molecule has 4 heteroatoms. The van der Waals surface area contributed by atoms with E-state index >= 15 is 0 Å². The molecule has 0 unspecified atom stereocenters. The minimum Gasteiger partial charge on any atom is -0.506 e. The summed E-state index contributed by atoms with van der Waals surface area (Å²) in [6, 6.07) is 5.65. The van der Waals surface area contributed by atoms with E-state index in [1.807, 2.05) is 29.9 Å². The SMILES string of the molecule is Cn1ccc2c(-c3cncc(O)c3)ccnc21. The Morgan fingerprint density at radius 2 is 2.12 bits per heavy atom. The monoisotopic (exact) mass is 225 g/mol. The van der Waals surface area contributed by atoms with Crippen LogP contribution in [0.15, 0.2) is 43.0 Å². The number of nitrogens with zero attached hydrogens (tertiary/aromatic N) is 3. The third kappa shape index (κ3) is 1.54. The first kappa shape index (κ1) is 9.84. The molecule has 0 spiro atoms. The fourth-order valence-electron chi connectivity index (χ4n) is 1.99. The summed E-state index contributed by atoms with van der Waals surface area (Å²) in [5, 5.41) is 10.5. The maximum atomic E-state index is 9.47. The van der Waals surface area contributed by atoms with E-state index in [0.717, 1.165) is 22.2 Å². The van der Waals surface area contributed by atoms with Gasteiger partial charge in [-0.05, 0) is 23.8 Å². The zero-order chi connectivity index (χ0) is 11.8. The summed E-state index contributed by atoms with van der Waals surface area (Å²) in [5.74, 6) is 0.170. The van der Waals surface area contributed by atoms with Gasteiger partial charge in [0.2, 0.25) is 0 Å². The van der Waals surface area contributed by atoms with Crippen molar-refractivity contribution in [2.75, 3.05) is 0 Å². The van der Waals surface area contributed by atoms with Crippen molar-refractivity contribution in [1.82, 2.24) is 14.5 Å². The third-order valence-electron chi connectivity index (χ3n) is 2.80. The van der Waals surface area contributed by atoms with Crippen molar-refractivity contribution < 1.29 is 5.11 Å². The molecule has 1 N–H and O–H groups in total. The topological polar surface area (TPSA) is 50.9 Å². The molecule has 3 heterocycles. The Bertz CT molecular complexity index is 688. The molecule has 0 aliphatic rings. The van der Waals surface area contributed by atoms with Crippen LogP contribution >= 0.6 is 0 Å². The Hall–Kier alpha value is -2.36. The average molecular weight is 225 g/mol. The highest BCUT2D eigenvalue weighted by Crippen LogP contribution is 2.28. The molecule has 0 aliphatic heterocycles. The van der Waals surface area contributed by atoms with Crippen LogP contribution in [-0.2, 0) is 7.05 Å². The molecule has 0 atom stereocenters. The third-order valence-corrected chi connectivity index (χ3v) is 2.80. The second kappa shape index (κ2) is 3.59. The number of hydrogen-bond acceptors (Lipinski definition) is 3. The van der Waals surface area contributed by atoms with Crippen molar-refractivity contribution in [1.29, 1.82) is 0 Å². The van der Waals surface area contributed by atoms with Gasteiger partial charge in [-0.3, -0.25) is 4.98 Å². The first-order valence-corrected chi connectivity index (χ1v) is 5.30. The lowest BCUT2D eigenvalue weighted by Crippen LogP contribution is -1.88. The van der Waals surface area contributed by atoms with E-state index in [1.54, 1.807) is 18.5 Å². The largest absolute Gasteiger partial charge is 0.506 e. The summed E-state index contributed by atoms with van der Waals surface area (Å²) in [5.41, 5.74) is 2.84. The average Bonchev–Trinajstić information content (AvgIpc) is 2.71. The minimum atomic E-state index is 0.170. The van der Waals surface area contributed by atoms with E-state index in [-0.39, 0.29) is 5.75 Å². The van der Waals surface area contributed by atoms with E-state index in [9.17, 15) is 5.11 Å². The van der Waals surface area contributed by atoms with E-state index < -0.39 is 0 Å². The highest BCUT2D eigenvalue weighted by Gasteiger charge is 2.07. The van der Waals surface area contributed by atoms with Crippen molar-refractivity contribution in [2.45, 2.75) is 0 Å². The van der Waals surface area contributed by atoms with Crippen LogP contribution < -0.4 is 0 Å². The van der Waals surface area contributed by atoms with Gasteiger partial charge in [-0.2, -0.15) is 0 Å². The van der Waals surface area contributed by atoms with Crippen LogP contribution in [-0.4, -0.2) is 19.6 Å². The van der Waals surface area contributed by atoms with Crippen molar-refractivity contribution >= 4 is 11.0 Å². The zero-order valence-corrected chi connectivity index (χ0v) is 9.33. The van der Waals surface area contributed by atoms with Crippen molar-refractivity contribution in [2.24, 2.45) is 7.05 Å². The molecule has 0 saturated carbocycles. The molecule has 0 aliphatic carbocycles. The maximum Gasteiger partial charge on any atom is 0.140 e. The molecular weight excluding hydrogens is 214 g/mol. The van der Waals surface area contributed by atoms with Gasteiger partial charge in [0.25, 0.3) is 0 Å². The molecule has 0 bridgehead atoms. The molecule has 0 saturated heterocycles. The molecule has 3 rings (SSSR count). The normalized spacial score (nSPS) is 10.9. The Morgan fingerprint density at radius 1 is 1.24 bits per heavy atom. The molecule has 0 fully saturated rings. The quantitative estimate of drug-likeness (QED) is 0.691. The Labute approximate surface area is 98.2 Å². The fourth-order valence-corrected chi connectivity index (χ4v) is 1.99. The summed E-state index contributed by atoms with van der Waals surface area (Å²) >= 11 is 0. The van der Waals surface area contributed by atoms with Gasteiger partial charge >= 0.3 is 0 Å². The van der Waals surface area contributed by atoms with Gasteiger partial charge in [0.05, 0.1) is 6.20 Å². The van der Waals surface area contributed by atoms with Crippen LogP contribution in [0.5, 0.6) is 5.75 Å². The van der Waals surface area contributed by atoms with Crippen LogP contribution in [0.3, 0.4) is 0 Å². The lowest BCUT2D eigenvalue weighted by molar-refractivity contribution is 0.473. The number of aromatic nitrogens is 3. The second-order valence-electron chi connectivity index (χ2n) is 3.95. The van der Waals surface area contributed by atoms with E-state index in [1.165, 1.54) is 6.20 Å². The van der Waals surface area contributed by atoms with Gasteiger partial charge in [-0.15, -0.1) is 0 Å². The predicted octanol–water partition coefficient (Wildman–Crippen LogP) is 2.34. The predicted molar refractivity (Wildman–Crippen MR) is 65.6 cm³/mol. The van der Waals surface area contributed by atoms with E-state index in [2.05, 4.69) is 9.97 Å². The number of aryl methyl sites for hydroxylation is 1. The smallest absolute Gasteiger partial charge is 0.140 e. The van der Waals surface area contributed by atoms with Crippen molar-refractivity contribution in [3.63, 3.8) is 0 Å². The van der Waals surface area contributed by atoms with Crippen molar-refractivity contribution in [3.05, 3.63) is 43.0 Å². The number of rotatable bonds is 1. The molecule has 84 valence electrons.